The molecule has 29 heavy (non-hydrogen) atoms. The number of ether oxygens (including phenoxy) is 3. The molecule has 160 valence electrons. The highest BCUT2D eigenvalue weighted by molar-refractivity contribution is 6.76. The average Bonchev–Trinajstić information content (AvgIpc) is 3.32. The lowest BCUT2D eigenvalue weighted by Gasteiger charge is -2.38. The highest BCUT2D eigenvalue weighted by Crippen LogP contribution is 2.42. The van der Waals surface area contributed by atoms with E-state index in [0.29, 0.717) is 19.8 Å². The Labute approximate surface area is 175 Å². The molecule has 2 atom stereocenters. The third-order valence-corrected chi connectivity index (χ3v) is 7.73. The van der Waals surface area contributed by atoms with Gasteiger partial charge in [0.25, 0.3) is 0 Å². The number of hydrogen-bond acceptors (Lipinski definition) is 5. The van der Waals surface area contributed by atoms with Crippen molar-refractivity contribution in [2.75, 3.05) is 19.8 Å². The van der Waals surface area contributed by atoms with E-state index >= 15 is 0 Å². The molecule has 5 nitrogen and oxygen atoms in total. The number of hydroxylamine groups is 2. The van der Waals surface area contributed by atoms with Crippen LogP contribution in [0.5, 0.6) is 0 Å². The zero-order valence-corrected chi connectivity index (χ0v) is 19.1. The Morgan fingerprint density at radius 1 is 1.14 bits per heavy atom. The van der Waals surface area contributed by atoms with Crippen molar-refractivity contribution in [2.24, 2.45) is 0 Å². The Hall–Kier alpha value is -1.18. The van der Waals surface area contributed by atoms with Crippen LogP contribution in [0.2, 0.25) is 25.7 Å². The van der Waals surface area contributed by atoms with Gasteiger partial charge in [-0.25, -0.2) is 0 Å². The lowest BCUT2D eigenvalue weighted by atomic mass is 10.1. The Kier molecular flexibility index (Phi) is 6.46. The van der Waals surface area contributed by atoms with Gasteiger partial charge in [-0.15, -0.1) is 0 Å². The van der Waals surface area contributed by atoms with E-state index in [1.54, 1.807) is 0 Å². The average molecular weight is 418 g/mol. The van der Waals surface area contributed by atoms with Crippen LogP contribution in [0.1, 0.15) is 31.2 Å². The molecule has 1 saturated carbocycles. The Balaban J connectivity index is 1.50. The van der Waals surface area contributed by atoms with Gasteiger partial charge in [-0.05, 0) is 30.5 Å². The summed E-state index contributed by atoms with van der Waals surface area (Å²) in [6.07, 6.45) is 6.35. The van der Waals surface area contributed by atoms with Gasteiger partial charge in [0.1, 0.15) is 17.9 Å². The van der Waals surface area contributed by atoms with Gasteiger partial charge in [-0.1, -0.05) is 50.0 Å². The van der Waals surface area contributed by atoms with Gasteiger partial charge in [-0.3, -0.25) is 4.84 Å². The van der Waals surface area contributed by atoms with Crippen LogP contribution in [0.25, 0.3) is 0 Å². The summed E-state index contributed by atoms with van der Waals surface area (Å²) in [5.41, 5.74) is 1.22. The molecule has 3 aliphatic rings. The van der Waals surface area contributed by atoms with E-state index < -0.39 is 8.07 Å². The van der Waals surface area contributed by atoms with Crippen molar-refractivity contribution in [2.45, 2.75) is 75.8 Å². The van der Waals surface area contributed by atoms with Gasteiger partial charge >= 0.3 is 0 Å². The minimum atomic E-state index is -1.15. The zero-order chi connectivity index (χ0) is 20.3. The molecule has 4 rings (SSSR count). The predicted octanol–water partition coefficient (Wildman–Crippen LogP) is 4.73. The van der Waals surface area contributed by atoms with Crippen LogP contribution in [-0.2, 0) is 25.6 Å². The van der Waals surface area contributed by atoms with Crippen LogP contribution in [0.4, 0.5) is 0 Å². The summed E-state index contributed by atoms with van der Waals surface area (Å²) in [6, 6.07) is 11.5. The summed E-state index contributed by atoms with van der Waals surface area (Å²) in [5, 5.41) is 2.04. The summed E-state index contributed by atoms with van der Waals surface area (Å²) in [5.74, 6) is 0.596. The third-order valence-electron chi connectivity index (χ3n) is 6.02. The molecule has 1 spiro atoms. The van der Waals surface area contributed by atoms with Crippen molar-refractivity contribution >= 4 is 8.07 Å². The van der Waals surface area contributed by atoms with E-state index in [1.807, 2.05) is 11.1 Å². The van der Waals surface area contributed by atoms with Crippen LogP contribution < -0.4 is 0 Å². The number of hydrogen-bond donors (Lipinski definition) is 0. The van der Waals surface area contributed by atoms with Crippen LogP contribution >= 0.6 is 0 Å². The van der Waals surface area contributed by atoms with E-state index in [0.717, 1.165) is 31.3 Å². The fraction of sp³-hybridized carbons (Fsp3) is 0.652. The minimum absolute atomic E-state index is 0.0738. The van der Waals surface area contributed by atoms with Gasteiger partial charge in [0, 0.05) is 20.9 Å². The monoisotopic (exact) mass is 417 g/mol. The maximum atomic E-state index is 6.54. The summed E-state index contributed by atoms with van der Waals surface area (Å²) in [6.45, 7) is 9.73. The molecule has 0 unspecified atom stereocenters. The summed E-state index contributed by atoms with van der Waals surface area (Å²) >= 11 is 0. The second-order valence-electron chi connectivity index (χ2n) is 9.65. The molecule has 6 heteroatoms. The smallest absolute Gasteiger partial charge is 0.169 e. The van der Waals surface area contributed by atoms with E-state index in [2.05, 4.69) is 50.0 Å². The fourth-order valence-corrected chi connectivity index (χ4v) is 5.08. The SMILES string of the molecule is C[Si](C)(C)CCOC1=CCON(Cc2ccccc2)[C@H]1[C@H]1COC2(CCCC2)O1. The number of rotatable bonds is 7. The lowest BCUT2D eigenvalue weighted by molar-refractivity contribution is -0.228. The Bertz CT molecular complexity index is 697. The molecule has 1 saturated heterocycles. The maximum Gasteiger partial charge on any atom is 0.169 e. The van der Waals surface area contributed by atoms with Gasteiger partial charge in [0.15, 0.2) is 5.79 Å². The molecule has 1 aromatic rings. The Morgan fingerprint density at radius 3 is 2.62 bits per heavy atom. The first kappa shape index (κ1) is 21.1. The molecule has 0 amide bonds. The van der Waals surface area contributed by atoms with Crippen molar-refractivity contribution in [1.82, 2.24) is 5.06 Å². The quantitative estimate of drug-likeness (QED) is 0.600. The van der Waals surface area contributed by atoms with Gasteiger partial charge < -0.3 is 14.2 Å². The lowest BCUT2D eigenvalue weighted by Crippen LogP contribution is -2.49. The van der Waals surface area contributed by atoms with Crippen molar-refractivity contribution in [3.63, 3.8) is 0 Å². The van der Waals surface area contributed by atoms with E-state index in [9.17, 15) is 0 Å². The first-order chi connectivity index (χ1) is 13.9. The normalized spacial score (nSPS) is 27.3. The Morgan fingerprint density at radius 2 is 1.90 bits per heavy atom. The highest BCUT2D eigenvalue weighted by Gasteiger charge is 2.49. The number of nitrogens with zero attached hydrogens (tertiary/aromatic N) is 1. The molecule has 2 fully saturated rings. The summed E-state index contributed by atoms with van der Waals surface area (Å²) < 4.78 is 19.1. The molecule has 0 aromatic heterocycles. The van der Waals surface area contributed by atoms with Crippen molar-refractivity contribution in [3.8, 4) is 0 Å². The second-order valence-corrected chi connectivity index (χ2v) is 15.3. The molecule has 0 N–H and O–H groups in total. The molecular formula is C23H35NO4Si. The fourth-order valence-electron chi connectivity index (χ4n) is 4.36. The molecule has 2 aliphatic heterocycles. The standard InChI is InChI=1S/C23H35NO4Si/c1-29(2,3)16-15-25-20-11-14-27-24(17-19-9-5-4-6-10-19)22(20)21-18-26-23(28-21)12-7-8-13-23/h4-6,9-11,21-22H,7-8,12-18H2,1-3H3/t21-,22-/m1/s1. The molecule has 0 bridgehead atoms. The van der Waals surface area contributed by atoms with Crippen molar-refractivity contribution in [3.05, 3.63) is 47.7 Å². The first-order valence-electron chi connectivity index (χ1n) is 11.0. The van der Waals surface area contributed by atoms with Crippen molar-refractivity contribution < 1.29 is 19.0 Å². The summed E-state index contributed by atoms with van der Waals surface area (Å²) in [7, 11) is -1.15. The first-order valence-corrected chi connectivity index (χ1v) is 14.7. The molecule has 1 aliphatic carbocycles. The van der Waals surface area contributed by atoms with Crippen LogP contribution in [0, 0.1) is 0 Å². The molecular weight excluding hydrogens is 382 g/mol. The summed E-state index contributed by atoms with van der Waals surface area (Å²) in [4.78, 5) is 6.09. The van der Waals surface area contributed by atoms with Gasteiger partial charge in [0.2, 0.25) is 0 Å². The van der Waals surface area contributed by atoms with E-state index in [4.69, 9.17) is 19.0 Å². The predicted molar refractivity (Wildman–Crippen MR) is 116 cm³/mol. The second kappa shape index (κ2) is 8.90. The minimum Gasteiger partial charge on any atom is -0.497 e. The van der Waals surface area contributed by atoms with Crippen LogP contribution in [0.3, 0.4) is 0 Å². The van der Waals surface area contributed by atoms with E-state index in [-0.39, 0.29) is 17.9 Å². The van der Waals surface area contributed by atoms with Gasteiger partial charge in [-0.2, -0.15) is 5.06 Å². The van der Waals surface area contributed by atoms with Crippen molar-refractivity contribution in [1.29, 1.82) is 0 Å². The topological polar surface area (TPSA) is 40.2 Å². The number of benzene rings is 1. The molecule has 2 heterocycles. The van der Waals surface area contributed by atoms with E-state index in [1.165, 1.54) is 18.4 Å². The molecule has 0 radical (unpaired) electrons. The van der Waals surface area contributed by atoms with Crippen LogP contribution in [-0.4, -0.2) is 50.9 Å². The highest BCUT2D eigenvalue weighted by atomic mass is 28.3. The van der Waals surface area contributed by atoms with Gasteiger partial charge in [0.05, 0.1) is 26.4 Å². The maximum absolute atomic E-state index is 6.54. The van der Waals surface area contributed by atoms with Crippen LogP contribution in [0.15, 0.2) is 42.2 Å². The zero-order valence-electron chi connectivity index (χ0n) is 18.1. The largest absolute Gasteiger partial charge is 0.497 e. The molecule has 1 aromatic carbocycles. The third kappa shape index (κ3) is 5.30.